The Kier molecular flexibility index (Phi) is 2.34. The van der Waals surface area contributed by atoms with E-state index in [9.17, 15) is 0 Å². The summed E-state index contributed by atoms with van der Waals surface area (Å²) in [5, 5.41) is 10.3. The van der Waals surface area contributed by atoms with Crippen LogP contribution in [0.1, 0.15) is 5.56 Å². The molecule has 1 aliphatic heterocycles. The Balaban J connectivity index is 2.00. The zero-order valence-corrected chi connectivity index (χ0v) is 10.5. The highest BCUT2D eigenvalue weighted by Crippen LogP contribution is 2.34. The van der Waals surface area contributed by atoms with E-state index >= 15 is 0 Å². The van der Waals surface area contributed by atoms with E-state index in [4.69, 9.17) is 15.5 Å². The molecule has 0 spiro atoms. The first-order valence-electron chi connectivity index (χ1n) is 6.25. The Bertz CT molecular complexity index is 817. The predicted octanol–water partition coefficient (Wildman–Crippen LogP) is 2.70. The molecule has 2 aromatic carbocycles. The average molecular weight is 265 g/mol. The Morgan fingerprint density at radius 3 is 3.00 bits per heavy atom. The van der Waals surface area contributed by atoms with Gasteiger partial charge in [-0.25, -0.2) is 0 Å². The van der Waals surface area contributed by atoms with Gasteiger partial charge in [0, 0.05) is 27.6 Å². The van der Waals surface area contributed by atoms with Crippen LogP contribution < -0.4 is 10.6 Å². The Morgan fingerprint density at radius 1 is 1.15 bits per heavy atom. The van der Waals surface area contributed by atoms with E-state index in [1.165, 1.54) is 0 Å². The van der Waals surface area contributed by atoms with Crippen LogP contribution in [-0.2, 0) is 11.5 Å². The van der Waals surface area contributed by atoms with Gasteiger partial charge in [-0.1, -0.05) is 12.1 Å². The molecule has 2 N–H and O–H groups in total. The van der Waals surface area contributed by atoms with Gasteiger partial charge in [0.15, 0.2) is 5.75 Å². The van der Waals surface area contributed by atoms with Gasteiger partial charge in [-0.05, 0) is 24.3 Å². The first kappa shape index (κ1) is 11.2. The molecule has 0 saturated heterocycles. The lowest BCUT2D eigenvalue weighted by atomic mass is 10.0. The third-order valence-electron chi connectivity index (χ3n) is 3.37. The van der Waals surface area contributed by atoms with Crippen molar-refractivity contribution in [3.63, 3.8) is 0 Å². The van der Waals surface area contributed by atoms with Crippen molar-refractivity contribution < 1.29 is 9.78 Å². The molecule has 98 valence electrons. The lowest BCUT2D eigenvalue weighted by Crippen LogP contribution is -1.92. The van der Waals surface area contributed by atoms with Gasteiger partial charge >= 0.3 is 0 Å². The van der Waals surface area contributed by atoms with Crippen LogP contribution in [0.4, 0.5) is 5.69 Å². The molecule has 0 saturated carbocycles. The summed E-state index contributed by atoms with van der Waals surface area (Å²) in [5.74, 6) is 0.740. The maximum Gasteiger partial charge on any atom is 0.171 e. The van der Waals surface area contributed by atoms with Crippen LogP contribution >= 0.6 is 0 Å². The highest BCUT2D eigenvalue weighted by atomic mass is 17.2. The van der Waals surface area contributed by atoms with Gasteiger partial charge in [0.1, 0.15) is 12.3 Å². The quantitative estimate of drug-likeness (QED) is 0.541. The van der Waals surface area contributed by atoms with E-state index in [1.807, 2.05) is 36.4 Å². The van der Waals surface area contributed by atoms with Crippen molar-refractivity contribution in [3.8, 4) is 17.0 Å². The average Bonchev–Trinajstić information content (AvgIpc) is 2.91. The van der Waals surface area contributed by atoms with Crippen molar-refractivity contribution in [2.75, 3.05) is 5.73 Å². The smallest absolute Gasteiger partial charge is 0.171 e. The number of nitrogen functional groups attached to an aromatic ring is 1. The fraction of sp³-hybridized carbons (Fsp3) is 0.0667. The highest BCUT2D eigenvalue weighted by Gasteiger charge is 2.17. The van der Waals surface area contributed by atoms with Crippen molar-refractivity contribution in [1.82, 2.24) is 10.2 Å². The number of rotatable bonds is 1. The van der Waals surface area contributed by atoms with Crippen molar-refractivity contribution in [1.29, 1.82) is 0 Å². The monoisotopic (exact) mass is 265 g/mol. The zero-order valence-electron chi connectivity index (χ0n) is 10.5. The molecule has 5 heteroatoms. The maximum atomic E-state index is 5.84. The van der Waals surface area contributed by atoms with Gasteiger partial charge in [0.2, 0.25) is 0 Å². The van der Waals surface area contributed by atoms with Gasteiger partial charge in [-0.15, -0.1) is 5.10 Å². The second-order valence-corrected chi connectivity index (χ2v) is 4.71. The summed E-state index contributed by atoms with van der Waals surface area (Å²) in [6.07, 6.45) is 1.72. The number of nitrogens with two attached hydrogens (primary N) is 1. The Labute approximate surface area is 114 Å². The van der Waals surface area contributed by atoms with E-state index in [2.05, 4.69) is 10.2 Å². The van der Waals surface area contributed by atoms with Crippen LogP contribution in [0.5, 0.6) is 5.75 Å². The summed E-state index contributed by atoms with van der Waals surface area (Å²) in [5.41, 5.74) is 9.31. The number of nitrogens with zero attached hydrogens (tertiary/aromatic N) is 2. The van der Waals surface area contributed by atoms with E-state index in [1.54, 1.807) is 6.20 Å². The first-order chi connectivity index (χ1) is 9.81. The highest BCUT2D eigenvalue weighted by molar-refractivity contribution is 5.95. The molecular formula is C15H11N3O2. The molecule has 1 aliphatic rings. The summed E-state index contributed by atoms with van der Waals surface area (Å²) in [6, 6.07) is 11.6. The third kappa shape index (κ3) is 1.68. The van der Waals surface area contributed by atoms with Gasteiger partial charge in [0.05, 0.1) is 6.20 Å². The van der Waals surface area contributed by atoms with Crippen LogP contribution in [0.25, 0.3) is 22.0 Å². The van der Waals surface area contributed by atoms with Gasteiger partial charge in [-0.3, -0.25) is 0 Å². The summed E-state index contributed by atoms with van der Waals surface area (Å²) in [4.78, 5) is 10.1. The fourth-order valence-corrected chi connectivity index (χ4v) is 2.40. The Hall–Kier alpha value is -2.66. The predicted molar refractivity (Wildman–Crippen MR) is 74.8 cm³/mol. The largest absolute Gasteiger partial charge is 0.399 e. The molecule has 0 atom stereocenters. The number of fused-ring (bicyclic) bond motifs is 2. The molecule has 4 rings (SSSR count). The maximum absolute atomic E-state index is 5.84. The molecule has 1 aromatic heterocycles. The zero-order chi connectivity index (χ0) is 13.5. The molecule has 2 heterocycles. The minimum Gasteiger partial charge on any atom is -0.399 e. The lowest BCUT2D eigenvalue weighted by Gasteiger charge is -2.06. The normalized spacial score (nSPS) is 13.2. The second-order valence-electron chi connectivity index (χ2n) is 4.71. The minimum absolute atomic E-state index is 0.448. The molecule has 0 aliphatic carbocycles. The van der Waals surface area contributed by atoms with Crippen molar-refractivity contribution in [2.24, 2.45) is 0 Å². The van der Waals surface area contributed by atoms with Crippen molar-refractivity contribution >= 4 is 16.5 Å². The summed E-state index contributed by atoms with van der Waals surface area (Å²) in [6.45, 7) is 0.448. The third-order valence-corrected chi connectivity index (χ3v) is 3.37. The molecular weight excluding hydrogens is 254 g/mol. The van der Waals surface area contributed by atoms with Gasteiger partial charge < -0.3 is 10.6 Å². The van der Waals surface area contributed by atoms with Crippen LogP contribution in [0.15, 0.2) is 42.6 Å². The molecule has 20 heavy (non-hydrogen) atoms. The molecule has 0 unspecified atom stereocenters. The second kappa shape index (κ2) is 4.18. The first-order valence-corrected chi connectivity index (χ1v) is 6.25. The Morgan fingerprint density at radius 2 is 2.10 bits per heavy atom. The molecule has 3 aromatic rings. The van der Waals surface area contributed by atoms with E-state index in [-0.39, 0.29) is 0 Å². The number of hydrogen-bond donors (Lipinski definition) is 1. The summed E-state index contributed by atoms with van der Waals surface area (Å²) >= 11 is 0. The van der Waals surface area contributed by atoms with Crippen molar-refractivity contribution in [3.05, 3.63) is 48.2 Å². The number of aromatic nitrogens is 2. The fourth-order valence-electron chi connectivity index (χ4n) is 2.40. The number of anilines is 1. The van der Waals surface area contributed by atoms with E-state index in [0.29, 0.717) is 12.3 Å². The summed E-state index contributed by atoms with van der Waals surface area (Å²) < 4.78 is 0. The molecule has 0 radical (unpaired) electrons. The summed E-state index contributed by atoms with van der Waals surface area (Å²) in [7, 11) is 0. The molecule has 0 amide bonds. The molecule has 0 bridgehead atoms. The standard InChI is InChI=1S/C15H11N3O2/c16-12-3-1-2-9(4-12)15-13-5-11-8-19-20-14(11)6-10(13)7-17-18-15/h1-7H,8,16H2. The van der Waals surface area contributed by atoms with Gasteiger partial charge in [-0.2, -0.15) is 9.99 Å². The SMILES string of the molecule is Nc1cccc(-c2nncc3cc4c(cc23)COO4)c1. The van der Waals surface area contributed by atoms with Crippen LogP contribution in [0.2, 0.25) is 0 Å². The van der Waals surface area contributed by atoms with Crippen LogP contribution in [-0.4, -0.2) is 10.2 Å². The topological polar surface area (TPSA) is 70.3 Å². The number of hydrogen-bond acceptors (Lipinski definition) is 5. The van der Waals surface area contributed by atoms with Crippen LogP contribution in [0, 0.1) is 0 Å². The van der Waals surface area contributed by atoms with E-state index in [0.717, 1.165) is 33.3 Å². The molecule has 0 fully saturated rings. The molecule has 5 nitrogen and oxygen atoms in total. The number of benzene rings is 2. The van der Waals surface area contributed by atoms with Gasteiger partial charge in [0.25, 0.3) is 0 Å². The van der Waals surface area contributed by atoms with Crippen molar-refractivity contribution in [2.45, 2.75) is 6.61 Å². The van der Waals surface area contributed by atoms with E-state index < -0.39 is 0 Å². The lowest BCUT2D eigenvalue weighted by molar-refractivity contribution is -0.194. The van der Waals surface area contributed by atoms with Crippen LogP contribution in [0.3, 0.4) is 0 Å². The minimum atomic E-state index is 0.448.